The monoisotopic (exact) mass is 258 g/mol. The van der Waals surface area contributed by atoms with Crippen molar-refractivity contribution in [2.45, 2.75) is 18.5 Å². The van der Waals surface area contributed by atoms with Crippen LogP contribution in [0.5, 0.6) is 0 Å². The van der Waals surface area contributed by atoms with E-state index in [2.05, 4.69) is 5.10 Å². The van der Waals surface area contributed by atoms with Crippen LogP contribution in [-0.4, -0.2) is 26.9 Å². The van der Waals surface area contributed by atoms with E-state index >= 15 is 0 Å². The molecule has 0 saturated heterocycles. The number of carboxylic acid groups (broad SMARTS) is 1. The van der Waals surface area contributed by atoms with Crippen molar-refractivity contribution in [1.82, 2.24) is 9.61 Å². The lowest BCUT2D eigenvalue weighted by Crippen LogP contribution is -2.23. The fourth-order valence-corrected chi connectivity index (χ4v) is 1.80. The van der Waals surface area contributed by atoms with E-state index in [0.717, 1.165) is 6.20 Å². The van der Waals surface area contributed by atoms with E-state index in [1.165, 1.54) is 16.8 Å². The Morgan fingerprint density at radius 3 is 2.78 bits per heavy atom. The van der Waals surface area contributed by atoms with Gasteiger partial charge in [-0.2, -0.15) is 18.3 Å². The average Bonchev–Trinajstić information content (AvgIpc) is 2.67. The Morgan fingerprint density at radius 2 is 2.17 bits per heavy atom. The van der Waals surface area contributed by atoms with Crippen LogP contribution >= 0.6 is 0 Å². The van der Waals surface area contributed by atoms with Crippen molar-refractivity contribution < 1.29 is 23.1 Å². The third-order valence-electron chi connectivity index (χ3n) is 2.61. The molecule has 2 heterocycles. The summed E-state index contributed by atoms with van der Waals surface area (Å²) in [5.74, 6) is -3.54. The fraction of sp³-hybridized carbons (Fsp3) is 0.273. The predicted molar refractivity (Wildman–Crippen MR) is 56.2 cm³/mol. The Hall–Kier alpha value is -2.05. The summed E-state index contributed by atoms with van der Waals surface area (Å²) in [7, 11) is 0. The first kappa shape index (κ1) is 12.4. The second-order valence-electron chi connectivity index (χ2n) is 3.82. The van der Waals surface area contributed by atoms with Crippen LogP contribution in [0.15, 0.2) is 30.6 Å². The molecule has 0 radical (unpaired) electrons. The Balaban J connectivity index is 2.51. The highest BCUT2D eigenvalue weighted by Crippen LogP contribution is 2.39. The second kappa shape index (κ2) is 4.32. The molecule has 4 nitrogen and oxygen atoms in total. The van der Waals surface area contributed by atoms with Gasteiger partial charge in [0.2, 0.25) is 0 Å². The predicted octanol–water partition coefficient (Wildman–Crippen LogP) is 2.45. The maximum atomic E-state index is 12.9. The molecule has 2 rings (SSSR count). The lowest BCUT2D eigenvalue weighted by Gasteiger charge is -2.17. The van der Waals surface area contributed by atoms with Gasteiger partial charge in [-0.15, -0.1) is 0 Å². The van der Waals surface area contributed by atoms with E-state index in [1.54, 1.807) is 12.1 Å². The Labute approximate surface area is 99.6 Å². The van der Waals surface area contributed by atoms with Crippen LogP contribution in [0, 0.1) is 0 Å². The van der Waals surface area contributed by atoms with Crippen molar-refractivity contribution in [3.63, 3.8) is 0 Å². The molecule has 0 amide bonds. The van der Waals surface area contributed by atoms with Gasteiger partial charge in [0.05, 0.1) is 24.1 Å². The number of carbonyl (C=O) groups is 1. The van der Waals surface area contributed by atoms with Crippen molar-refractivity contribution in [1.29, 1.82) is 0 Å². The molecule has 7 heteroatoms. The van der Waals surface area contributed by atoms with Gasteiger partial charge in [-0.3, -0.25) is 4.79 Å². The molecule has 18 heavy (non-hydrogen) atoms. The molecule has 0 aliphatic carbocycles. The molecule has 1 unspecified atom stereocenters. The van der Waals surface area contributed by atoms with Gasteiger partial charge in [0.15, 0.2) is 0 Å². The number of rotatable bonds is 3. The molecule has 0 fully saturated rings. The Morgan fingerprint density at radius 1 is 1.44 bits per heavy atom. The van der Waals surface area contributed by atoms with Crippen molar-refractivity contribution in [3.8, 4) is 0 Å². The van der Waals surface area contributed by atoms with Crippen LogP contribution < -0.4 is 0 Å². The summed E-state index contributed by atoms with van der Waals surface area (Å²) in [6.45, 7) is 0. The summed E-state index contributed by atoms with van der Waals surface area (Å²) in [5, 5.41) is 12.4. The maximum Gasteiger partial charge on any atom is 0.396 e. The number of aromatic nitrogens is 2. The molecule has 0 saturated carbocycles. The van der Waals surface area contributed by atoms with Gasteiger partial charge in [0.25, 0.3) is 0 Å². The first-order valence-corrected chi connectivity index (χ1v) is 5.10. The normalized spacial score (nSPS) is 13.7. The molecule has 0 aromatic carbocycles. The van der Waals surface area contributed by atoms with Crippen molar-refractivity contribution in [2.24, 2.45) is 0 Å². The van der Waals surface area contributed by atoms with E-state index in [-0.39, 0.29) is 11.1 Å². The summed E-state index contributed by atoms with van der Waals surface area (Å²) in [4.78, 5) is 10.6. The van der Waals surface area contributed by atoms with E-state index in [4.69, 9.17) is 5.11 Å². The number of carboxylic acids is 1. The van der Waals surface area contributed by atoms with E-state index in [0.29, 0.717) is 0 Å². The number of alkyl halides is 3. The van der Waals surface area contributed by atoms with Crippen molar-refractivity contribution >= 4 is 11.5 Å². The van der Waals surface area contributed by atoms with Crippen LogP contribution in [0.3, 0.4) is 0 Å². The number of pyridine rings is 1. The van der Waals surface area contributed by atoms with Crippen LogP contribution in [0.4, 0.5) is 13.2 Å². The molecule has 0 aliphatic rings. The fourth-order valence-electron chi connectivity index (χ4n) is 1.80. The first-order valence-electron chi connectivity index (χ1n) is 5.10. The third kappa shape index (κ3) is 2.29. The van der Waals surface area contributed by atoms with E-state index in [1.807, 2.05) is 0 Å². The molecule has 96 valence electrons. The minimum atomic E-state index is -4.61. The van der Waals surface area contributed by atoms with Gasteiger partial charge in [-0.1, -0.05) is 6.07 Å². The summed E-state index contributed by atoms with van der Waals surface area (Å²) >= 11 is 0. The largest absolute Gasteiger partial charge is 0.481 e. The molecule has 0 spiro atoms. The summed E-state index contributed by atoms with van der Waals surface area (Å²) < 4.78 is 39.9. The number of aliphatic carboxylic acids is 1. The number of fused-ring (bicyclic) bond motifs is 1. The lowest BCUT2D eigenvalue weighted by atomic mass is 9.96. The number of nitrogens with zero attached hydrogens (tertiary/aromatic N) is 2. The van der Waals surface area contributed by atoms with Crippen LogP contribution in [0.25, 0.3) is 5.52 Å². The quantitative estimate of drug-likeness (QED) is 0.920. The van der Waals surface area contributed by atoms with Gasteiger partial charge in [-0.05, 0) is 12.1 Å². The van der Waals surface area contributed by atoms with E-state index in [9.17, 15) is 18.0 Å². The molecule has 1 atom stereocenters. The number of hydrogen-bond donors (Lipinski definition) is 1. The Bertz CT molecular complexity index is 577. The SMILES string of the molecule is O=C(O)CC(c1cnn2ccccc12)C(F)(F)F. The van der Waals surface area contributed by atoms with Crippen molar-refractivity contribution in [3.05, 3.63) is 36.2 Å². The van der Waals surface area contributed by atoms with Crippen LogP contribution in [0.1, 0.15) is 17.9 Å². The molecule has 2 aromatic rings. The zero-order valence-corrected chi connectivity index (χ0v) is 9.05. The average molecular weight is 258 g/mol. The highest BCUT2D eigenvalue weighted by molar-refractivity contribution is 5.69. The third-order valence-corrected chi connectivity index (χ3v) is 2.61. The van der Waals surface area contributed by atoms with Crippen LogP contribution in [0.2, 0.25) is 0 Å². The topological polar surface area (TPSA) is 54.6 Å². The lowest BCUT2D eigenvalue weighted by molar-refractivity contribution is -0.163. The Kier molecular flexibility index (Phi) is 2.98. The smallest absolute Gasteiger partial charge is 0.396 e. The second-order valence-corrected chi connectivity index (χ2v) is 3.82. The zero-order valence-electron chi connectivity index (χ0n) is 9.05. The minimum Gasteiger partial charge on any atom is -0.481 e. The van der Waals surface area contributed by atoms with Crippen LogP contribution in [-0.2, 0) is 4.79 Å². The number of halogens is 3. The van der Waals surface area contributed by atoms with Gasteiger partial charge < -0.3 is 5.11 Å². The highest BCUT2D eigenvalue weighted by atomic mass is 19.4. The van der Waals surface area contributed by atoms with Gasteiger partial charge in [0, 0.05) is 11.8 Å². The van der Waals surface area contributed by atoms with Gasteiger partial charge >= 0.3 is 12.1 Å². The minimum absolute atomic E-state index is 0.120. The molecule has 1 N–H and O–H groups in total. The first-order chi connectivity index (χ1) is 8.39. The zero-order chi connectivity index (χ0) is 13.3. The summed E-state index contributed by atoms with van der Waals surface area (Å²) in [6.07, 6.45) is -3.04. The summed E-state index contributed by atoms with van der Waals surface area (Å²) in [5.41, 5.74) is 0.145. The standard InChI is InChI=1S/C11H9F3N2O2/c12-11(13,14)8(5-10(17)18)7-6-15-16-4-2-1-3-9(7)16/h1-4,6,8H,5H2,(H,17,18). The summed E-state index contributed by atoms with van der Waals surface area (Å²) in [6, 6.07) is 4.68. The van der Waals surface area contributed by atoms with Gasteiger partial charge in [0.1, 0.15) is 0 Å². The molecule has 0 aliphatic heterocycles. The highest BCUT2D eigenvalue weighted by Gasteiger charge is 2.43. The molecular formula is C11H9F3N2O2. The molecule has 0 bridgehead atoms. The molecule has 2 aromatic heterocycles. The van der Waals surface area contributed by atoms with Crippen molar-refractivity contribution in [2.75, 3.05) is 0 Å². The van der Waals surface area contributed by atoms with E-state index < -0.39 is 24.5 Å². The van der Waals surface area contributed by atoms with Gasteiger partial charge in [-0.25, -0.2) is 4.52 Å². The maximum absolute atomic E-state index is 12.9. The molecular weight excluding hydrogens is 249 g/mol. The number of hydrogen-bond acceptors (Lipinski definition) is 2.